The first kappa shape index (κ1) is 14.9. The lowest BCUT2D eigenvalue weighted by Gasteiger charge is -2.26. The second kappa shape index (κ2) is 5.85. The van der Waals surface area contributed by atoms with Crippen molar-refractivity contribution in [2.75, 3.05) is 12.9 Å². The Morgan fingerprint density at radius 1 is 1.08 bits per heavy atom. The Balaban J connectivity index is 1.56. The zero-order chi connectivity index (χ0) is 16.8. The topological polar surface area (TPSA) is 18.5 Å². The van der Waals surface area contributed by atoms with Crippen LogP contribution in [0.4, 0.5) is 0 Å². The van der Waals surface area contributed by atoms with Crippen molar-refractivity contribution in [1.29, 1.82) is 0 Å². The maximum Gasteiger partial charge on any atom is 0.142 e. The van der Waals surface area contributed by atoms with E-state index in [0.29, 0.717) is 5.92 Å². The summed E-state index contributed by atoms with van der Waals surface area (Å²) in [5.74, 6) is 3.39. The van der Waals surface area contributed by atoms with Crippen LogP contribution in [0.5, 0.6) is 11.5 Å². The normalized spacial score (nSPS) is 22.5. The van der Waals surface area contributed by atoms with E-state index >= 15 is 0 Å². The molecule has 0 saturated carbocycles. The summed E-state index contributed by atoms with van der Waals surface area (Å²) in [5.41, 5.74) is 5.22. The van der Waals surface area contributed by atoms with Crippen LogP contribution in [-0.2, 0) is 0 Å². The third kappa shape index (κ3) is 2.42. The molecule has 5 rings (SSSR count). The van der Waals surface area contributed by atoms with E-state index < -0.39 is 0 Å². The predicted molar refractivity (Wildman–Crippen MR) is 103 cm³/mol. The fourth-order valence-corrected chi connectivity index (χ4v) is 5.12. The minimum absolute atomic E-state index is 0.0549. The summed E-state index contributed by atoms with van der Waals surface area (Å²) in [5, 5.41) is 0. The number of hydrogen-bond donors (Lipinski definition) is 0. The maximum absolute atomic E-state index is 6.20. The van der Waals surface area contributed by atoms with Crippen LogP contribution in [0.1, 0.15) is 22.6 Å². The van der Waals surface area contributed by atoms with Gasteiger partial charge in [-0.05, 0) is 47.1 Å². The van der Waals surface area contributed by atoms with E-state index in [-0.39, 0.29) is 6.10 Å². The monoisotopic (exact) mass is 346 g/mol. The lowest BCUT2D eigenvalue weighted by molar-refractivity contribution is 0.282. The molecule has 2 heterocycles. The molecule has 3 aliphatic rings. The molecule has 2 aliphatic heterocycles. The highest BCUT2D eigenvalue weighted by Gasteiger charge is 2.30. The van der Waals surface area contributed by atoms with E-state index in [0.717, 1.165) is 17.3 Å². The highest BCUT2D eigenvalue weighted by Crippen LogP contribution is 2.49. The molecule has 2 nitrogen and oxygen atoms in total. The van der Waals surface area contributed by atoms with Gasteiger partial charge >= 0.3 is 0 Å². The summed E-state index contributed by atoms with van der Waals surface area (Å²) >= 11 is 1.94. The average molecular weight is 346 g/mol. The van der Waals surface area contributed by atoms with Crippen molar-refractivity contribution in [1.82, 2.24) is 0 Å². The van der Waals surface area contributed by atoms with Gasteiger partial charge in [-0.3, -0.25) is 0 Å². The summed E-state index contributed by atoms with van der Waals surface area (Å²) in [7, 11) is 1.71. The highest BCUT2D eigenvalue weighted by molar-refractivity contribution is 7.99. The third-order valence-electron chi connectivity index (χ3n) is 5.05. The number of allylic oxidation sites excluding steroid dienone is 2. The Hall–Kier alpha value is -2.39. The predicted octanol–water partition coefficient (Wildman–Crippen LogP) is 5.20. The van der Waals surface area contributed by atoms with Gasteiger partial charge in [0.05, 0.1) is 7.11 Å². The number of ether oxygens (including phenoxy) is 2. The van der Waals surface area contributed by atoms with Crippen LogP contribution in [0.25, 0.3) is 6.08 Å². The van der Waals surface area contributed by atoms with Crippen molar-refractivity contribution in [3.8, 4) is 11.5 Å². The number of rotatable bonds is 2. The van der Waals surface area contributed by atoms with Crippen molar-refractivity contribution < 1.29 is 9.47 Å². The molecule has 2 atom stereocenters. The molecule has 0 spiro atoms. The van der Waals surface area contributed by atoms with Crippen LogP contribution < -0.4 is 9.47 Å². The van der Waals surface area contributed by atoms with Gasteiger partial charge < -0.3 is 9.47 Å². The Morgan fingerprint density at radius 2 is 1.96 bits per heavy atom. The van der Waals surface area contributed by atoms with Gasteiger partial charge in [-0.2, -0.15) is 0 Å². The number of methoxy groups -OCH3 is 1. The highest BCUT2D eigenvalue weighted by atomic mass is 32.2. The van der Waals surface area contributed by atoms with Crippen LogP contribution in [0, 0.1) is 0 Å². The molecule has 0 saturated heterocycles. The molecular weight excluding hydrogens is 328 g/mol. The minimum atomic E-state index is 0.0549. The fraction of sp³-hybridized carbons (Fsp3) is 0.182. The zero-order valence-corrected chi connectivity index (χ0v) is 14.8. The summed E-state index contributed by atoms with van der Waals surface area (Å²) in [6.07, 6.45) is 10.7. The average Bonchev–Trinajstić information content (AvgIpc) is 3.11. The molecule has 0 amide bonds. The Morgan fingerprint density at radius 3 is 2.80 bits per heavy atom. The summed E-state index contributed by atoms with van der Waals surface area (Å²) in [6.45, 7) is 0. The molecule has 0 N–H and O–H groups in total. The van der Waals surface area contributed by atoms with Crippen molar-refractivity contribution >= 4 is 17.8 Å². The van der Waals surface area contributed by atoms with Crippen LogP contribution in [0.2, 0.25) is 0 Å². The number of thioether (sulfide) groups is 1. The third-order valence-corrected chi connectivity index (χ3v) is 6.30. The smallest absolute Gasteiger partial charge is 0.142 e. The molecule has 124 valence electrons. The standard InChI is InChI=1S/C22H18O2S/c1-23-16-8-6-14(7-9-16)19-13-25-22-17(19)10-11-21-18(22)12-15-4-2-3-5-20(15)24-21/h2-12,19-20H,13H2,1H3. The Bertz CT molecular complexity index is 922. The van der Waals surface area contributed by atoms with Gasteiger partial charge in [-0.15, -0.1) is 11.8 Å². The van der Waals surface area contributed by atoms with Gasteiger partial charge in [0.15, 0.2) is 0 Å². The van der Waals surface area contributed by atoms with E-state index in [9.17, 15) is 0 Å². The van der Waals surface area contributed by atoms with Gasteiger partial charge in [0, 0.05) is 22.1 Å². The van der Waals surface area contributed by atoms with Crippen LogP contribution in [0.3, 0.4) is 0 Å². The van der Waals surface area contributed by atoms with Crippen LogP contribution >= 0.6 is 11.8 Å². The second-order valence-electron chi connectivity index (χ2n) is 6.46. The lowest BCUT2D eigenvalue weighted by Crippen LogP contribution is -2.20. The Kier molecular flexibility index (Phi) is 3.49. The SMILES string of the molecule is COc1ccc(C2CSc3c2ccc2c3C=C3C=CC=CC3O2)cc1. The molecule has 0 aromatic heterocycles. The van der Waals surface area contributed by atoms with Crippen molar-refractivity contribution in [2.24, 2.45) is 0 Å². The number of fused-ring (bicyclic) bond motifs is 4. The summed E-state index contributed by atoms with van der Waals surface area (Å²) in [6, 6.07) is 12.8. The Labute approximate surface area is 151 Å². The van der Waals surface area contributed by atoms with E-state index in [4.69, 9.17) is 9.47 Å². The molecule has 2 aromatic carbocycles. The van der Waals surface area contributed by atoms with E-state index in [1.165, 1.54) is 27.2 Å². The molecule has 0 radical (unpaired) electrons. The van der Waals surface area contributed by atoms with Gasteiger partial charge in [-0.25, -0.2) is 0 Å². The van der Waals surface area contributed by atoms with Crippen molar-refractivity contribution in [3.05, 3.63) is 83.0 Å². The molecule has 1 aliphatic carbocycles. The number of benzene rings is 2. The van der Waals surface area contributed by atoms with Crippen LogP contribution in [-0.4, -0.2) is 19.0 Å². The molecule has 2 aromatic rings. The molecule has 3 heteroatoms. The molecular formula is C22H18O2S. The van der Waals surface area contributed by atoms with E-state index in [1.807, 2.05) is 23.9 Å². The first-order chi connectivity index (χ1) is 12.3. The first-order valence-corrected chi connectivity index (χ1v) is 9.49. The summed E-state index contributed by atoms with van der Waals surface area (Å²) in [4.78, 5) is 1.37. The van der Waals surface area contributed by atoms with Gasteiger partial charge in [0.25, 0.3) is 0 Å². The minimum Gasteiger partial charge on any atom is -0.497 e. The van der Waals surface area contributed by atoms with E-state index in [1.54, 1.807) is 7.11 Å². The molecule has 25 heavy (non-hydrogen) atoms. The van der Waals surface area contributed by atoms with Gasteiger partial charge in [0.1, 0.15) is 17.6 Å². The quantitative estimate of drug-likeness (QED) is 0.744. The molecule has 0 fully saturated rings. The lowest BCUT2D eigenvalue weighted by atomic mass is 9.90. The second-order valence-corrected chi connectivity index (χ2v) is 7.49. The maximum atomic E-state index is 6.20. The largest absolute Gasteiger partial charge is 0.497 e. The van der Waals surface area contributed by atoms with Crippen molar-refractivity contribution in [2.45, 2.75) is 16.9 Å². The van der Waals surface area contributed by atoms with Gasteiger partial charge in [0.2, 0.25) is 0 Å². The van der Waals surface area contributed by atoms with E-state index in [2.05, 4.69) is 54.6 Å². The van der Waals surface area contributed by atoms with Crippen LogP contribution in [0.15, 0.2) is 71.2 Å². The van der Waals surface area contributed by atoms with Gasteiger partial charge in [-0.1, -0.05) is 36.4 Å². The first-order valence-electron chi connectivity index (χ1n) is 8.50. The number of hydrogen-bond acceptors (Lipinski definition) is 3. The molecule has 0 bridgehead atoms. The summed E-state index contributed by atoms with van der Waals surface area (Å²) < 4.78 is 11.5. The van der Waals surface area contributed by atoms with Crippen molar-refractivity contribution in [3.63, 3.8) is 0 Å². The fourth-order valence-electron chi connectivity index (χ4n) is 3.72. The molecule has 2 unspecified atom stereocenters. The zero-order valence-electron chi connectivity index (χ0n) is 13.9.